The highest BCUT2D eigenvalue weighted by Crippen LogP contribution is 2.27. The van der Waals surface area contributed by atoms with Gasteiger partial charge in [0.1, 0.15) is 11.4 Å². The molecule has 1 aromatic rings. The monoisotopic (exact) mass is 256 g/mol. The second-order valence-corrected chi connectivity index (χ2v) is 4.22. The van der Waals surface area contributed by atoms with Crippen molar-refractivity contribution in [3.05, 3.63) is 23.5 Å². The number of aliphatic hydroxyl groups is 1. The van der Waals surface area contributed by atoms with Crippen LogP contribution in [0.3, 0.4) is 0 Å². The van der Waals surface area contributed by atoms with Gasteiger partial charge >= 0.3 is 5.97 Å². The number of carboxylic acids is 1. The summed E-state index contributed by atoms with van der Waals surface area (Å²) < 4.78 is 13.3. The van der Waals surface area contributed by atoms with Crippen LogP contribution in [0.15, 0.2) is 12.1 Å². The zero-order valence-electron chi connectivity index (χ0n) is 10.4. The lowest BCUT2D eigenvalue weighted by Crippen LogP contribution is -2.24. The van der Waals surface area contributed by atoms with E-state index < -0.39 is 17.9 Å². The van der Waals surface area contributed by atoms with E-state index in [4.69, 9.17) is 10.8 Å². The van der Waals surface area contributed by atoms with Gasteiger partial charge in [0.05, 0.1) is 17.5 Å². The van der Waals surface area contributed by atoms with Gasteiger partial charge in [0.2, 0.25) is 0 Å². The first-order chi connectivity index (χ1) is 8.34. The van der Waals surface area contributed by atoms with Gasteiger partial charge in [-0.3, -0.25) is 0 Å². The van der Waals surface area contributed by atoms with Crippen LogP contribution in [0.4, 0.5) is 15.8 Å². The van der Waals surface area contributed by atoms with Gasteiger partial charge in [-0.25, -0.2) is 9.18 Å². The molecule has 6 heteroatoms. The van der Waals surface area contributed by atoms with Gasteiger partial charge in [-0.2, -0.15) is 0 Å². The number of halogens is 1. The maximum absolute atomic E-state index is 13.3. The fraction of sp³-hybridized carbons (Fsp3) is 0.417. The lowest BCUT2D eigenvalue weighted by atomic mass is 10.1. The van der Waals surface area contributed by atoms with E-state index in [1.54, 1.807) is 18.9 Å². The van der Waals surface area contributed by atoms with E-state index in [9.17, 15) is 14.3 Å². The highest BCUT2D eigenvalue weighted by Gasteiger charge is 2.19. The predicted octanol–water partition coefficient (Wildman–Crippen LogP) is 1.31. The van der Waals surface area contributed by atoms with Gasteiger partial charge in [0, 0.05) is 13.6 Å². The average molecular weight is 256 g/mol. The van der Waals surface area contributed by atoms with E-state index in [2.05, 4.69) is 0 Å². The van der Waals surface area contributed by atoms with Crippen molar-refractivity contribution in [2.75, 3.05) is 24.2 Å². The molecule has 0 radical (unpaired) electrons. The Bertz CT molecular complexity index is 449. The number of nitrogens with two attached hydrogens (primary N) is 1. The van der Waals surface area contributed by atoms with Crippen LogP contribution >= 0.6 is 0 Å². The summed E-state index contributed by atoms with van der Waals surface area (Å²) in [6, 6.07) is 2.51. The third-order valence-electron chi connectivity index (χ3n) is 2.68. The smallest absolute Gasteiger partial charge is 0.340 e. The molecule has 0 aliphatic rings. The number of hydrogen-bond acceptors (Lipinski definition) is 4. The van der Waals surface area contributed by atoms with Crippen molar-refractivity contribution in [1.29, 1.82) is 0 Å². The fourth-order valence-corrected chi connectivity index (χ4v) is 1.63. The molecule has 0 saturated heterocycles. The molecule has 0 fully saturated rings. The summed E-state index contributed by atoms with van der Waals surface area (Å²) in [6.45, 7) is 2.09. The third kappa shape index (κ3) is 3.10. The molecule has 1 aromatic carbocycles. The number of hydrogen-bond donors (Lipinski definition) is 3. The van der Waals surface area contributed by atoms with Crippen molar-refractivity contribution in [3.63, 3.8) is 0 Å². The molecule has 0 aliphatic carbocycles. The molecule has 1 atom stereocenters. The van der Waals surface area contributed by atoms with E-state index in [0.29, 0.717) is 18.7 Å². The first-order valence-corrected chi connectivity index (χ1v) is 5.55. The summed E-state index contributed by atoms with van der Waals surface area (Å²) in [5.41, 5.74) is 5.16. The van der Waals surface area contributed by atoms with E-state index in [-0.39, 0.29) is 11.3 Å². The molecule has 1 unspecified atom stereocenters. The molecule has 0 aromatic heterocycles. The minimum absolute atomic E-state index is 0.247. The lowest BCUT2D eigenvalue weighted by Gasteiger charge is -2.22. The fourth-order valence-electron chi connectivity index (χ4n) is 1.63. The number of aromatic carboxylic acids is 1. The number of rotatable bonds is 5. The Hall–Kier alpha value is -1.82. The molecular weight excluding hydrogens is 239 g/mol. The molecule has 0 spiro atoms. The number of benzene rings is 1. The van der Waals surface area contributed by atoms with Crippen LogP contribution in [-0.4, -0.2) is 35.9 Å². The first kappa shape index (κ1) is 14.2. The zero-order chi connectivity index (χ0) is 13.9. The molecule has 4 N–H and O–H groups in total. The van der Waals surface area contributed by atoms with Crippen LogP contribution in [0.2, 0.25) is 0 Å². The van der Waals surface area contributed by atoms with Gasteiger partial charge in [0.25, 0.3) is 0 Å². The van der Waals surface area contributed by atoms with E-state index in [0.717, 1.165) is 6.07 Å². The van der Waals surface area contributed by atoms with Crippen LogP contribution in [-0.2, 0) is 0 Å². The summed E-state index contributed by atoms with van der Waals surface area (Å²) in [5.74, 6) is -2.02. The number of carbonyl (C=O) groups is 1. The largest absolute Gasteiger partial charge is 0.478 e. The van der Waals surface area contributed by atoms with Crippen LogP contribution in [0, 0.1) is 5.82 Å². The number of anilines is 2. The van der Waals surface area contributed by atoms with Gasteiger partial charge in [-0.05, 0) is 25.5 Å². The van der Waals surface area contributed by atoms with E-state index in [1.807, 2.05) is 0 Å². The number of carboxylic acid groups (broad SMARTS) is 1. The van der Waals surface area contributed by atoms with Crippen LogP contribution in [0.25, 0.3) is 0 Å². The van der Waals surface area contributed by atoms with Gasteiger partial charge in [0.15, 0.2) is 0 Å². The van der Waals surface area contributed by atoms with Crippen molar-refractivity contribution in [1.82, 2.24) is 0 Å². The highest BCUT2D eigenvalue weighted by atomic mass is 19.1. The second kappa shape index (κ2) is 5.68. The predicted molar refractivity (Wildman–Crippen MR) is 67.3 cm³/mol. The minimum Gasteiger partial charge on any atom is -0.478 e. The molecule has 0 amide bonds. The van der Waals surface area contributed by atoms with Crippen LogP contribution in [0.1, 0.15) is 23.7 Å². The van der Waals surface area contributed by atoms with Gasteiger partial charge in [-0.15, -0.1) is 0 Å². The molecule has 0 saturated carbocycles. The van der Waals surface area contributed by atoms with Crippen molar-refractivity contribution in [2.24, 2.45) is 0 Å². The number of nitrogens with zero attached hydrogens (tertiary/aromatic N) is 1. The Kier molecular flexibility index (Phi) is 4.49. The van der Waals surface area contributed by atoms with Crippen LogP contribution in [0.5, 0.6) is 0 Å². The topological polar surface area (TPSA) is 86.8 Å². The molecular formula is C12H17FN2O3. The van der Waals surface area contributed by atoms with Crippen molar-refractivity contribution >= 4 is 17.3 Å². The van der Waals surface area contributed by atoms with Crippen molar-refractivity contribution < 1.29 is 19.4 Å². The molecule has 1 rings (SSSR count). The summed E-state index contributed by atoms with van der Waals surface area (Å²) in [7, 11) is 1.67. The van der Waals surface area contributed by atoms with E-state index in [1.165, 1.54) is 6.07 Å². The Labute approximate surface area is 105 Å². The third-order valence-corrected chi connectivity index (χ3v) is 2.68. The Balaban J connectivity index is 3.08. The Morgan fingerprint density at radius 2 is 2.17 bits per heavy atom. The maximum Gasteiger partial charge on any atom is 0.340 e. The number of nitrogen functional groups attached to an aromatic ring is 1. The summed E-state index contributed by atoms with van der Waals surface area (Å²) >= 11 is 0. The van der Waals surface area contributed by atoms with Gasteiger partial charge in [-0.1, -0.05) is 0 Å². The van der Waals surface area contributed by atoms with Crippen molar-refractivity contribution in [2.45, 2.75) is 19.4 Å². The number of aliphatic hydroxyl groups excluding tert-OH is 1. The second-order valence-electron chi connectivity index (χ2n) is 4.22. The van der Waals surface area contributed by atoms with Crippen LogP contribution < -0.4 is 10.6 Å². The summed E-state index contributed by atoms with van der Waals surface area (Å²) in [6.07, 6.45) is -0.00847. The summed E-state index contributed by atoms with van der Waals surface area (Å²) in [4.78, 5) is 12.7. The maximum atomic E-state index is 13.3. The lowest BCUT2D eigenvalue weighted by molar-refractivity contribution is 0.0698. The standard InChI is InChI=1S/C12H17FN2O3/c1-7(16)5-6-15(2)9-4-3-8(13)11(14)10(9)12(17)18/h3-4,7,16H,5-6,14H2,1-2H3,(H,17,18). The molecule has 100 valence electrons. The molecule has 0 bridgehead atoms. The Morgan fingerprint density at radius 3 is 2.67 bits per heavy atom. The SMILES string of the molecule is CC(O)CCN(C)c1ccc(F)c(N)c1C(=O)O. The average Bonchev–Trinajstić information content (AvgIpc) is 2.28. The van der Waals surface area contributed by atoms with Crippen molar-refractivity contribution in [3.8, 4) is 0 Å². The Morgan fingerprint density at radius 1 is 1.56 bits per heavy atom. The quantitative estimate of drug-likeness (QED) is 0.691. The molecule has 18 heavy (non-hydrogen) atoms. The highest BCUT2D eigenvalue weighted by molar-refractivity contribution is 6.00. The van der Waals surface area contributed by atoms with Gasteiger partial charge < -0.3 is 20.8 Å². The molecule has 5 nitrogen and oxygen atoms in total. The van der Waals surface area contributed by atoms with E-state index >= 15 is 0 Å². The summed E-state index contributed by atoms with van der Waals surface area (Å²) in [5, 5.41) is 18.3. The normalized spacial score (nSPS) is 12.2. The first-order valence-electron chi connectivity index (χ1n) is 5.55. The molecule has 0 aliphatic heterocycles. The molecule has 0 heterocycles. The minimum atomic E-state index is -1.27. The zero-order valence-corrected chi connectivity index (χ0v) is 10.4.